The molecular weight excluding hydrogens is 708 g/mol. The maximum atomic E-state index is 13.1. The van der Waals surface area contributed by atoms with E-state index in [1.807, 2.05) is 24.3 Å². The van der Waals surface area contributed by atoms with Crippen LogP contribution in [0.5, 0.6) is 11.5 Å². The smallest absolute Gasteiger partial charge is 0.253 e. The summed E-state index contributed by atoms with van der Waals surface area (Å²) in [5.41, 5.74) is 7.80. The number of aromatic nitrogens is 3. The Labute approximate surface area is 296 Å². The summed E-state index contributed by atoms with van der Waals surface area (Å²) in [5, 5.41) is 0. The van der Waals surface area contributed by atoms with Crippen LogP contribution in [0.1, 0.15) is 52.0 Å². The van der Waals surface area contributed by atoms with E-state index in [2.05, 4.69) is 32.0 Å². The highest BCUT2D eigenvalue weighted by molar-refractivity contribution is 9.10. The van der Waals surface area contributed by atoms with Crippen LogP contribution < -0.4 is 15.0 Å². The lowest BCUT2D eigenvalue weighted by molar-refractivity contribution is -0.119. The number of hydrogen-bond acceptors (Lipinski definition) is 7. The average molecular weight is 743 g/mol. The SMILES string of the molecule is Cc1cc(-c2cc3c(c(OCc4ccc(F)cn4)c2)CC(=O)CC3)cn(C)c1=O.O=C1CCc2cc(Br)cc(OCc3ccc(F)cn3)c2C1. The number of pyridine rings is 3. The standard InChI is InChI=1S/C23H21FN2O3.C16H13BrFNO2/c1-14-7-17(12-26(2)23(14)28)16-8-15-3-6-20(27)10-21(15)22(9-16)29-13-19-5-4-18(24)11-25-19;17-11-5-10-1-4-14(20)7-15(10)16(6-11)21-9-13-3-2-12(18)8-19-13/h4-5,7-9,11-12H,3,6,10,13H2,1-2H3;2-3,5-6,8H,1,4,7,9H2. The van der Waals surface area contributed by atoms with Crippen molar-refractivity contribution in [3.63, 3.8) is 0 Å². The Morgan fingerprint density at radius 2 is 1.26 bits per heavy atom. The number of Topliss-reactive ketones (excluding diaryl/α,β-unsaturated/α-hetero) is 2. The summed E-state index contributed by atoms with van der Waals surface area (Å²) in [7, 11) is 1.73. The number of ketones is 2. The van der Waals surface area contributed by atoms with Gasteiger partial charge in [-0.1, -0.05) is 22.0 Å². The quantitative estimate of drug-likeness (QED) is 0.175. The van der Waals surface area contributed by atoms with E-state index >= 15 is 0 Å². The molecule has 3 heterocycles. The molecule has 50 heavy (non-hydrogen) atoms. The third-order valence-electron chi connectivity index (χ3n) is 8.69. The fraction of sp³-hybridized carbons (Fsp3) is 0.256. The Balaban J connectivity index is 0.000000182. The lowest BCUT2D eigenvalue weighted by atomic mass is 9.87. The molecular formula is C39H34BrF2N3O5. The highest BCUT2D eigenvalue weighted by Gasteiger charge is 2.22. The molecule has 0 saturated carbocycles. The summed E-state index contributed by atoms with van der Waals surface area (Å²) in [6, 6.07) is 15.6. The number of hydrogen-bond donors (Lipinski definition) is 0. The highest BCUT2D eigenvalue weighted by Crippen LogP contribution is 2.35. The van der Waals surface area contributed by atoms with Gasteiger partial charge in [0, 0.05) is 60.1 Å². The van der Waals surface area contributed by atoms with Crippen LogP contribution in [-0.2, 0) is 55.5 Å². The summed E-state index contributed by atoms with van der Waals surface area (Å²) in [4.78, 5) is 43.7. The van der Waals surface area contributed by atoms with Crippen molar-refractivity contribution in [3.8, 4) is 22.6 Å². The third kappa shape index (κ3) is 8.39. The maximum Gasteiger partial charge on any atom is 0.253 e. The highest BCUT2D eigenvalue weighted by atomic mass is 79.9. The van der Waals surface area contributed by atoms with Gasteiger partial charge in [0.15, 0.2) is 0 Å². The Bertz CT molecular complexity index is 2110. The van der Waals surface area contributed by atoms with Gasteiger partial charge in [0.25, 0.3) is 5.56 Å². The van der Waals surface area contributed by atoms with Gasteiger partial charge in [-0.15, -0.1) is 0 Å². The molecule has 5 aromatic rings. The molecule has 0 amide bonds. The molecule has 0 aliphatic heterocycles. The molecule has 2 aromatic carbocycles. The fourth-order valence-corrected chi connectivity index (χ4v) is 6.57. The molecule has 0 spiro atoms. The summed E-state index contributed by atoms with van der Waals surface area (Å²) in [6.07, 6.45) is 7.39. The lowest BCUT2D eigenvalue weighted by Crippen LogP contribution is -2.18. The molecule has 7 rings (SSSR count). The average Bonchev–Trinajstić information content (AvgIpc) is 3.10. The van der Waals surface area contributed by atoms with E-state index in [9.17, 15) is 23.2 Å². The van der Waals surface area contributed by atoms with E-state index in [-0.39, 0.29) is 36.2 Å². The number of benzene rings is 2. The van der Waals surface area contributed by atoms with Gasteiger partial charge in [-0.2, -0.15) is 0 Å². The number of ether oxygens (including phenoxy) is 2. The fourth-order valence-electron chi connectivity index (χ4n) is 6.08. The largest absolute Gasteiger partial charge is 0.487 e. The molecule has 0 radical (unpaired) electrons. The van der Waals surface area contributed by atoms with Crippen LogP contribution in [0.4, 0.5) is 8.78 Å². The molecule has 0 unspecified atom stereocenters. The molecule has 0 fully saturated rings. The second-order valence-corrected chi connectivity index (χ2v) is 13.3. The molecule has 256 valence electrons. The number of halogens is 3. The Morgan fingerprint density at radius 3 is 1.78 bits per heavy atom. The predicted octanol–water partition coefficient (Wildman–Crippen LogP) is 7.15. The van der Waals surface area contributed by atoms with Crippen LogP contribution in [0.25, 0.3) is 11.1 Å². The molecule has 0 atom stereocenters. The van der Waals surface area contributed by atoms with E-state index in [0.29, 0.717) is 60.6 Å². The number of carbonyl (C=O) groups excluding carboxylic acids is 2. The van der Waals surface area contributed by atoms with E-state index < -0.39 is 5.82 Å². The van der Waals surface area contributed by atoms with Crippen molar-refractivity contribution in [2.45, 2.75) is 58.7 Å². The van der Waals surface area contributed by atoms with Crippen LogP contribution in [0.15, 0.2) is 82.5 Å². The van der Waals surface area contributed by atoms with Crippen molar-refractivity contribution >= 4 is 27.5 Å². The minimum absolute atomic E-state index is 0.0313. The summed E-state index contributed by atoms with van der Waals surface area (Å²) < 4.78 is 40.2. The zero-order valence-electron chi connectivity index (χ0n) is 27.6. The maximum absolute atomic E-state index is 13.1. The Kier molecular flexibility index (Phi) is 10.6. The first kappa shape index (κ1) is 34.8. The first-order valence-corrected chi connectivity index (χ1v) is 17.0. The first-order chi connectivity index (χ1) is 24.0. The number of aryl methyl sites for hydroxylation is 4. The first-order valence-electron chi connectivity index (χ1n) is 16.2. The van der Waals surface area contributed by atoms with Gasteiger partial charge >= 0.3 is 0 Å². The normalized spacial score (nSPS) is 13.5. The van der Waals surface area contributed by atoms with Gasteiger partial charge in [-0.3, -0.25) is 24.4 Å². The molecule has 11 heteroatoms. The molecule has 0 bridgehead atoms. The van der Waals surface area contributed by atoms with Crippen LogP contribution >= 0.6 is 15.9 Å². The van der Waals surface area contributed by atoms with Gasteiger partial charge in [0.1, 0.15) is 47.9 Å². The minimum atomic E-state index is -0.399. The third-order valence-corrected chi connectivity index (χ3v) is 9.14. The zero-order chi connectivity index (χ0) is 35.4. The molecule has 0 N–H and O–H groups in total. The van der Waals surface area contributed by atoms with Gasteiger partial charge in [-0.25, -0.2) is 8.78 Å². The molecule has 3 aromatic heterocycles. The van der Waals surface area contributed by atoms with E-state index in [0.717, 1.165) is 50.5 Å². The van der Waals surface area contributed by atoms with Gasteiger partial charge in [0.2, 0.25) is 0 Å². The van der Waals surface area contributed by atoms with Crippen molar-refractivity contribution in [3.05, 3.63) is 139 Å². The van der Waals surface area contributed by atoms with Crippen molar-refractivity contribution in [1.82, 2.24) is 14.5 Å². The monoisotopic (exact) mass is 741 g/mol. The van der Waals surface area contributed by atoms with Gasteiger partial charge in [0.05, 0.1) is 23.8 Å². The topological polar surface area (TPSA) is 100 Å². The van der Waals surface area contributed by atoms with Crippen LogP contribution in [0, 0.1) is 18.6 Å². The van der Waals surface area contributed by atoms with Gasteiger partial charge < -0.3 is 14.0 Å². The van der Waals surface area contributed by atoms with Crippen molar-refractivity contribution < 1.29 is 27.8 Å². The summed E-state index contributed by atoms with van der Waals surface area (Å²) >= 11 is 3.46. The van der Waals surface area contributed by atoms with E-state index in [1.54, 1.807) is 36.9 Å². The number of nitrogens with zero attached hydrogens (tertiary/aromatic N) is 3. The van der Waals surface area contributed by atoms with E-state index in [4.69, 9.17) is 9.47 Å². The predicted molar refractivity (Wildman–Crippen MR) is 187 cm³/mol. The molecule has 0 saturated heterocycles. The van der Waals surface area contributed by atoms with Gasteiger partial charge in [-0.05, 0) is 90.6 Å². The molecule has 2 aliphatic carbocycles. The lowest BCUT2D eigenvalue weighted by Gasteiger charge is -2.21. The second kappa shape index (κ2) is 15.2. The number of fused-ring (bicyclic) bond motifs is 2. The Morgan fingerprint density at radius 1 is 0.720 bits per heavy atom. The zero-order valence-corrected chi connectivity index (χ0v) is 29.2. The summed E-state index contributed by atoms with van der Waals surface area (Å²) in [5.74, 6) is 0.970. The van der Waals surface area contributed by atoms with Crippen LogP contribution in [0.2, 0.25) is 0 Å². The second-order valence-electron chi connectivity index (χ2n) is 12.4. The summed E-state index contributed by atoms with van der Waals surface area (Å²) in [6.45, 7) is 2.22. The van der Waals surface area contributed by atoms with Crippen molar-refractivity contribution in [2.75, 3.05) is 0 Å². The van der Waals surface area contributed by atoms with Crippen LogP contribution in [-0.4, -0.2) is 26.1 Å². The van der Waals surface area contributed by atoms with Crippen molar-refractivity contribution in [1.29, 1.82) is 0 Å². The molecule has 8 nitrogen and oxygen atoms in total. The number of carbonyl (C=O) groups is 2. The van der Waals surface area contributed by atoms with Crippen molar-refractivity contribution in [2.24, 2.45) is 7.05 Å². The Hall–Kier alpha value is -5.03. The van der Waals surface area contributed by atoms with Crippen LogP contribution in [0.3, 0.4) is 0 Å². The molecule has 2 aliphatic rings. The number of rotatable bonds is 7. The minimum Gasteiger partial charge on any atom is -0.487 e. The van der Waals surface area contributed by atoms with E-state index in [1.165, 1.54) is 18.3 Å².